The smallest absolute Gasteiger partial charge is 0.252 e. The zero-order chi connectivity index (χ0) is 16.7. The van der Waals surface area contributed by atoms with E-state index in [1.54, 1.807) is 12.3 Å². The molecule has 2 aromatic rings. The van der Waals surface area contributed by atoms with Crippen LogP contribution in [0.15, 0.2) is 42.6 Å². The van der Waals surface area contributed by atoms with E-state index in [9.17, 15) is 4.79 Å². The summed E-state index contributed by atoms with van der Waals surface area (Å²) in [5.41, 5.74) is 1.71. The molecule has 0 saturated heterocycles. The van der Waals surface area contributed by atoms with Crippen LogP contribution in [0, 0.1) is 0 Å². The topological polar surface area (TPSA) is 54.0 Å². The molecule has 0 aliphatic heterocycles. The number of carbonyl (C=O) groups excluding carboxylic acids is 1. The Balaban J connectivity index is 1.82. The van der Waals surface area contributed by atoms with Gasteiger partial charge in [0, 0.05) is 23.8 Å². The quantitative estimate of drug-likeness (QED) is 0.808. The number of rotatable bonds is 7. The van der Waals surface area contributed by atoms with Crippen LogP contribution in [-0.2, 0) is 6.42 Å². The first kappa shape index (κ1) is 17.3. The second-order valence-electron chi connectivity index (χ2n) is 5.52. The summed E-state index contributed by atoms with van der Waals surface area (Å²) >= 11 is 5.85. The predicted molar refractivity (Wildman–Crippen MR) is 95.1 cm³/mol. The van der Waals surface area contributed by atoms with Crippen molar-refractivity contribution in [3.8, 4) is 0 Å². The fourth-order valence-electron chi connectivity index (χ4n) is 2.04. The minimum atomic E-state index is -0.110. The van der Waals surface area contributed by atoms with E-state index in [0.29, 0.717) is 18.2 Å². The molecule has 0 radical (unpaired) electrons. The molecular weight excluding hydrogens is 310 g/mol. The molecule has 23 heavy (non-hydrogen) atoms. The molecule has 0 aliphatic rings. The van der Waals surface area contributed by atoms with E-state index in [2.05, 4.69) is 29.5 Å². The highest BCUT2D eigenvalue weighted by Crippen LogP contribution is 2.10. The summed E-state index contributed by atoms with van der Waals surface area (Å²) in [6.45, 7) is 4.78. The molecule has 0 spiro atoms. The van der Waals surface area contributed by atoms with Crippen molar-refractivity contribution < 1.29 is 4.79 Å². The minimum absolute atomic E-state index is 0.110. The molecule has 0 fully saturated rings. The molecule has 0 aliphatic carbocycles. The lowest BCUT2D eigenvalue weighted by Crippen LogP contribution is -2.26. The number of anilines is 1. The molecular formula is C18H22ClN3O. The van der Waals surface area contributed by atoms with E-state index >= 15 is 0 Å². The minimum Gasteiger partial charge on any atom is -0.368 e. The second kappa shape index (κ2) is 8.53. The number of hydrogen-bond donors (Lipinski definition) is 2. The van der Waals surface area contributed by atoms with Gasteiger partial charge in [-0.2, -0.15) is 0 Å². The molecule has 5 heteroatoms. The van der Waals surface area contributed by atoms with Crippen molar-refractivity contribution >= 4 is 23.3 Å². The molecule has 1 aromatic carbocycles. The number of carbonyl (C=O) groups is 1. The lowest BCUT2D eigenvalue weighted by atomic mass is 10.1. The van der Waals surface area contributed by atoms with E-state index in [0.717, 1.165) is 29.2 Å². The van der Waals surface area contributed by atoms with Crippen LogP contribution < -0.4 is 10.6 Å². The number of halogens is 1. The summed E-state index contributed by atoms with van der Waals surface area (Å²) in [6, 6.07) is 11.6. The Bertz CT molecular complexity index is 626. The Morgan fingerprint density at radius 3 is 2.57 bits per heavy atom. The van der Waals surface area contributed by atoms with Gasteiger partial charge in [-0.05, 0) is 49.6 Å². The molecule has 1 unspecified atom stereocenters. The Kier molecular flexibility index (Phi) is 6.41. The molecule has 4 nitrogen and oxygen atoms in total. The first-order chi connectivity index (χ1) is 11.1. The molecule has 1 atom stereocenters. The van der Waals surface area contributed by atoms with E-state index in [1.807, 2.05) is 30.3 Å². The lowest BCUT2D eigenvalue weighted by molar-refractivity contribution is 0.0954. The highest BCUT2D eigenvalue weighted by atomic mass is 35.5. The number of benzene rings is 1. The van der Waals surface area contributed by atoms with Crippen LogP contribution >= 0.6 is 11.6 Å². The third kappa shape index (κ3) is 5.57. The van der Waals surface area contributed by atoms with E-state index in [4.69, 9.17) is 11.6 Å². The Morgan fingerprint density at radius 1 is 1.22 bits per heavy atom. The van der Waals surface area contributed by atoms with Gasteiger partial charge < -0.3 is 10.6 Å². The monoisotopic (exact) mass is 331 g/mol. The van der Waals surface area contributed by atoms with Crippen LogP contribution in [0.1, 0.15) is 36.2 Å². The first-order valence-electron chi connectivity index (χ1n) is 7.83. The molecule has 122 valence electrons. The summed E-state index contributed by atoms with van der Waals surface area (Å²) in [5.74, 6) is 0.679. The fourth-order valence-corrected chi connectivity index (χ4v) is 2.17. The standard InChI is InChI=1S/C18H22ClN3O/c1-3-13(2)22-17-9-6-15(12-21-17)18(23)20-11-10-14-4-7-16(19)8-5-14/h4-9,12-13H,3,10-11H2,1-2H3,(H,20,23)(H,21,22). The van der Waals surface area contributed by atoms with Gasteiger partial charge in [-0.3, -0.25) is 4.79 Å². The van der Waals surface area contributed by atoms with Crippen LogP contribution in [0.4, 0.5) is 5.82 Å². The van der Waals surface area contributed by atoms with Crippen LogP contribution in [-0.4, -0.2) is 23.5 Å². The van der Waals surface area contributed by atoms with Crippen molar-refractivity contribution in [1.82, 2.24) is 10.3 Å². The zero-order valence-electron chi connectivity index (χ0n) is 13.5. The molecule has 0 bridgehead atoms. The average Bonchev–Trinajstić information content (AvgIpc) is 2.57. The number of aromatic nitrogens is 1. The molecule has 2 rings (SSSR count). The van der Waals surface area contributed by atoms with Crippen molar-refractivity contribution in [3.63, 3.8) is 0 Å². The maximum atomic E-state index is 12.1. The average molecular weight is 332 g/mol. The van der Waals surface area contributed by atoms with Gasteiger partial charge in [-0.25, -0.2) is 4.98 Å². The van der Waals surface area contributed by atoms with Crippen molar-refractivity contribution in [2.45, 2.75) is 32.7 Å². The number of amides is 1. The van der Waals surface area contributed by atoms with E-state index in [1.165, 1.54) is 0 Å². The number of hydrogen-bond acceptors (Lipinski definition) is 3. The highest BCUT2D eigenvalue weighted by molar-refractivity contribution is 6.30. The van der Waals surface area contributed by atoms with Crippen LogP contribution in [0.3, 0.4) is 0 Å². The van der Waals surface area contributed by atoms with Crippen LogP contribution in [0.25, 0.3) is 0 Å². The summed E-state index contributed by atoms with van der Waals surface area (Å²) in [4.78, 5) is 16.4. The van der Waals surface area contributed by atoms with Crippen molar-refractivity contribution in [3.05, 3.63) is 58.7 Å². The highest BCUT2D eigenvalue weighted by Gasteiger charge is 2.06. The van der Waals surface area contributed by atoms with Crippen molar-refractivity contribution in [1.29, 1.82) is 0 Å². The summed E-state index contributed by atoms with van der Waals surface area (Å²) in [5, 5.41) is 6.89. The third-order valence-electron chi connectivity index (χ3n) is 3.64. The molecule has 1 aromatic heterocycles. The summed E-state index contributed by atoms with van der Waals surface area (Å²) in [7, 11) is 0. The molecule has 1 heterocycles. The summed E-state index contributed by atoms with van der Waals surface area (Å²) in [6.07, 6.45) is 3.39. The van der Waals surface area contributed by atoms with Gasteiger partial charge in [-0.1, -0.05) is 30.7 Å². The SMILES string of the molecule is CCC(C)Nc1ccc(C(=O)NCCc2ccc(Cl)cc2)cn1. The third-order valence-corrected chi connectivity index (χ3v) is 3.90. The normalized spacial score (nSPS) is 11.8. The number of nitrogens with zero attached hydrogens (tertiary/aromatic N) is 1. The fraction of sp³-hybridized carbons (Fsp3) is 0.333. The van der Waals surface area contributed by atoms with Gasteiger partial charge in [0.15, 0.2) is 0 Å². The molecule has 1 amide bonds. The van der Waals surface area contributed by atoms with Gasteiger partial charge in [0.05, 0.1) is 5.56 Å². The summed E-state index contributed by atoms with van der Waals surface area (Å²) < 4.78 is 0. The Morgan fingerprint density at radius 2 is 1.96 bits per heavy atom. The molecule has 0 saturated carbocycles. The zero-order valence-corrected chi connectivity index (χ0v) is 14.2. The second-order valence-corrected chi connectivity index (χ2v) is 5.95. The first-order valence-corrected chi connectivity index (χ1v) is 8.21. The van der Waals surface area contributed by atoms with Gasteiger partial charge in [-0.15, -0.1) is 0 Å². The number of nitrogens with one attached hydrogen (secondary N) is 2. The van der Waals surface area contributed by atoms with Crippen LogP contribution in [0.5, 0.6) is 0 Å². The van der Waals surface area contributed by atoms with E-state index < -0.39 is 0 Å². The van der Waals surface area contributed by atoms with Gasteiger partial charge >= 0.3 is 0 Å². The largest absolute Gasteiger partial charge is 0.368 e. The predicted octanol–water partition coefficient (Wildman–Crippen LogP) is 3.92. The van der Waals surface area contributed by atoms with E-state index in [-0.39, 0.29) is 5.91 Å². The van der Waals surface area contributed by atoms with Crippen molar-refractivity contribution in [2.75, 3.05) is 11.9 Å². The van der Waals surface area contributed by atoms with Crippen molar-refractivity contribution in [2.24, 2.45) is 0 Å². The van der Waals surface area contributed by atoms with Gasteiger partial charge in [0.2, 0.25) is 0 Å². The van der Waals surface area contributed by atoms with Gasteiger partial charge in [0.25, 0.3) is 5.91 Å². The Labute approximate surface area is 142 Å². The van der Waals surface area contributed by atoms with Crippen LogP contribution in [0.2, 0.25) is 5.02 Å². The number of pyridine rings is 1. The van der Waals surface area contributed by atoms with Gasteiger partial charge in [0.1, 0.15) is 5.82 Å². The Hall–Kier alpha value is -2.07. The maximum absolute atomic E-state index is 12.1. The maximum Gasteiger partial charge on any atom is 0.252 e. The molecule has 2 N–H and O–H groups in total. The lowest BCUT2D eigenvalue weighted by Gasteiger charge is -2.12.